The molecule has 1 fully saturated rings. The Hall–Kier alpha value is -1.06. The molecule has 1 saturated carbocycles. The minimum Gasteiger partial charge on any atom is -0.486 e. The second-order valence-corrected chi connectivity index (χ2v) is 6.92. The smallest absolute Gasteiger partial charge is 0.125 e. The Morgan fingerprint density at radius 2 is 1.95 bits per heavy atom. The predicted octanol–water partition coefficient (Wildman–Crippen LogP) is 3.04. The number of para-hydroxylation sites is 1. The van der Waals surface area contributed by atoms with Gasteiger partial charge < -0.3 is 15.2 Å². The molecule has 0 bridgehead atoms. The molecule has 1 aromatic carbocycles. The summed E-state index contributed by atoms with van der Waals surface area (Å²) in [6.45, 7) is 5.42. The third-order valence-corrected chi connectivity index (χ3v) is 4.98. The van der Waals surface area contributed by atoms with Crippen LogP contribution in [-0.2, 0) is 0 Å². The van der Waals surface area contributed by atoms with Gasteiger partial charge in [-0.1, -0.05) is 31.0 Å². The van der Waals surface area contributed by atoms with E-state index in [0.717, 1.165) is 25.1 Å². The maximum absolute atomic E-state index is 9.74. The van der Waals surface area contributed by atoms with Crippen LogP contribution in [0.25, 0.3) is 0 Å². The summed E-state index contributed by atoms with van der Waals surface area (Å²) < 4.78 is 6.06. The number of rotatable bonds is 4. The number of hydrogen-bond donors (Lipinski definition) is 2. The molecule has 110 valence electrons. The van der Waals surface area contributed by atoms with Gasteiger partial charge in [-0.15, -0.1) is 0 Å². The second kappa shape index (κ2) is 5.05. The highest BCUT2D eigenvalue weighted by Gasteiger charge is 2.42. The predicted molar refractivity (Wildman–Crippen MR) is 79.9 cm³/mol. The van der Waals surface area contributed by atoms with Crippen molar-refractivity contribution in [1.82, 2.24) is 5.32 Å². The van der Waals surface area contributed by atoms with Crippen molar-refractivity contribution >= 4 is 0 Å². The third-order valence-electron chi connectivity index (χ3n) is 4.98. The Bertz CT molecular complexity index is 478. The molecule has 0 amide bonds. The molecule has 1 atom stereocenters. The molecule has 1 unspecified atom stereocenters. The zero-order valence-electron chi connectivity index (χ0n) is 12.5. The molecule has 0 radical (unpaired) electrons. The Morgan fingerprint density at radius 3 is 2.65 bits per heavy atom. The van der Waals surface area contributed by atoms with E-state index in [0.29, 0.717) is 0 Å². The topological polar surface area (TPSA) is 41.5 Å². The van der Waals surface area contributed by atoms with Crippen molar-refractivity contribution in [2.45, 2.75) is 51.2 Å². The second-order valence-electron chi connectivity index (χ2n) is 6.92. The number of aliphatic hydroxyl groups excluding tert-OH is 1. The van der Waals surface area contributed by atoms with Gasteiger partial charge in [0.1, 0.15) is 11.4 Å². The van der Waals surface area contributed by atoms with Crippen molar-refractivity contribution in [2.75, 3.05) is 13.2 Å². The Kier molecular flexibility index (Phi) is 3.51. The maximum Gasteiger partial charge on any atom is 0.125 e. The summed E-state index contributed by atoms with van der Waals surface area (Å²) in [7, 11) is 0. The normalized spacial score (nSPS) is 26.2. The lowest BCUT2D eigenvalue weighted by atomic mass is 9.85. The summed E-state index contributed by atoms with van der Waals surface area (Å²) in [5.74, 6) is 0.986. The van der Waals surface area contributed by atoms with Crippen molar-refractivity contribution in [3.05, 3.63) is 29.8 Å². The summed E-state index contributed by atoms with van der Waals surface area (Å²) in [5, 5.41) is 13.4. The van der Waals surface area contributed by atoms with Gasteiger partial charge in [-0.25, -0.2) is 0 Å². The number of ether oxygens (including phenoxy) is 1. The molecule has 1 aliphatic carbocycles. The van der Waals surface area contributed by atoms with Gasteiger partial charge >= 0.3 is 0 Å². The van der Waals surface area contributed by atoms with E-state index >= 15 is 0 Å². The Balaban J connectivity index is 1.76. The van der Waals surface area contributed by atoms with Crippen molar-refractivity contribution in [2.24, 2.45) is 5.41 Å². The third kappa shape index (κ3) is 2.33. The molecule has 3 heteroatoms. The fraction of sp³-hybridized carbons (Fsp3) is 0.647. The minimum atomic E-state index is -0.237. The lowest BCUT2D eigenvalue weighted by Gasteiger charge is -2.33. The lowest BCUT2D eigenvalue weighted by molar-refractivity contribution is 0.0762. The fourth-order valence-corrected chi connectivity index (χ4v) is 3.72. The van der Waals surface area contributed by atoms with E-state index < -0.39 is 0 Å². The highest BCUT2D eigenvalue weighted by atomic mass is 16.5. The fourth-order valence-electron chi connectivity index (χ4n) is 3.72. The van der Waals surface area contributed by atoms with Gasteiger partial charge in [0.25, 0.3) is 0 Å². The zero-order valence-corrected chi connectivity index (χ0v) is 12.5. The first kappa shape index (κ1) is 13.9. The Morgan fingerprint density at radius 1 is 1.25 bits per heavy atom. The number of benzene rings is 1. The van der Waals surface area contributed by atoms with E-state index in [4.69, 9.17) is 4.74 Å². The largest absolute Gasteiger partial charge is 0.486 e. The average molecular weight is 275 g/mol. The van der Waals surface area contributed by atoms with Gasteiger partial charge in [0.15, 0.2) is 0 Å². The molecule has 1 heterocycles. The molecular weight excluding hydrogens is 250 g/mol. The first-order valence-electron chi connectivity index (χ1n) is 7.69. The van der Waals surface area contributed by atoms with Crippen LogP contribution < -0.4 is 10.1 Å². The Labute approximate surface area is 121 Å². The summed E-state index contributed by atoms with van der Waals surface area (Å²) >= 11 is 0. The van der Waals surface area contributed by atoms with E-state index in [1.165, 1.54) is 18.4 Å². The van der Waals surface area contributed by atoms with E-state index in [9.17, 15) is 5.11 Å². The van der Waals surface area contributed by atoms with E-state index in [1.54, 1.807) is 0 Å². The zero-order chi connectivity index (χ0) is 14.2. The van der Waals surface area contributed by atoms with Gasteiger partial charge in [-0.3, -0.25) is 0 Å². The molecule has 20 heavy (non-hydrogen) atoms. The van der Waals surface area contributed by atoms with Crippen LogP contribution in [0.2, 0.25) is 0 Å². The highest BCUT2D eigenvalue weighted by molar-refractivity contribution is 5.42. The van der Waals surface area contributed by atoms with Gasteiger partial charge in [0, 0.05) is 24.1 Å². The van der Waals surface area contributed by atoms with Gasteiger partial charge in [0.2, 0.25) is 0 Å². The lowest BCUT2D eigenvalue weighted by Crippen LogP contribution is -2.44. The molecule has 0 aromatic heterocycles. The maximum atomic E-state index is 9.74. The monoisotopic (exact) mass is 275 g/mol. The molecule has 1 aromatic rings. The van der Waals surface area contributed by atoms with Crippen LogP contribution >= 0.6 is 0 Å². The van der Waals surface area contributed by atoms with Crippen molar-refractivity contribution in [3.63, 3.8) is 0 Å². The molecular formula is C17H25NO2. The van der Waals surface area contributed by atoms with Crippen LogP contribution in [0.4, 0.5) is 0 Å². The minimum absolute atomic E-state index is 0.0770. The van der Waals surface area contributed by atoms with Gasteiger partial charge in [-0.05, 0) is 32.8 Å². The van der Waals surface area contributed by atoms with Gasteiger partial charge in [-0.2, -0.15) is 0 Å². The molecule has 0 saturated heterocycles. The highest BCUT2D eigenvalue weighted by Crippen LogP contribution is 2.44. The van der Waals surface area contributed by atoms with Crippen molar-refractivity contribution < 1.29 is 9.84 Å². The summed E-state index contributed by atoms with van der Waals surface area (Å²) in [4.78, 5) is 0. The van der Waals surface area contributed by atoms with Crippen LogP contribution in [-0.4, -0.2) is 23.9 Å². The molecule has 2 N–H and O–H groups in total. The molecule has 0 spiro atoms. The van der Waals surface area contributed by atoms with Crippen LogP contribution in [0.15, 0.2) is 24.3 Å². The van der Waals surface area contributed by atoms with Gasteiger partial charge in [0.05, 0.1) is 6.04 Å². The number of fused-ring (bicyclic) bond motifs is 1. The summed E-state index contributed by atoms with van der Waals surface area (Å²) in [5.41, 5.74) is 1.08. The first-order valence-corrected chi connectivity index (χ1v) is 7.69. The SMILES string of the molecule is CC1(C)Oc2ccccc2C1NCC1(CO)CCCC1. The summed E-state index contributed by atoms with van der Waals surface area (Å²) in [6, 6.07) is 8.46. The number of aliphatic hydroxyl groups is 1. The molecule has 2 aliphatic rings. The first-order chi connectivity index (χ1) is 9.56. The quantitative estimate of drug-likeness (QED) is 0.887. The summed E-state index contributed by atoms with van der Waals surface area (Å²) in [6.07, 6.45) is 4.74. The van der Waals surface area contributed by atoms with Crippen molar-refractivity contribution in [1.29, 1.82) is 0 Å². The van der Waals surface area contributed by atoms with E-state index in [2.05, 4.69) is 31.3 Å². The average Bonchev–Trinajstić information content (AvgIpc) is 2.98. The van der Waals surface area contributed by atoms with Crippen molar-refractivity contribution in [3.8, 4) is 5.75 Å². The van der Waals surface area contributed by atoms with E-state index in [1.807, 2.05) is 12.1 Å². The van der Waals surface area contributed by atoms with Crippen LogP contribution in [0.3, 0.4) is 0 Å². The molecule has 3 nitrogen and oxygen atoms in total. The molecule has 3 rings (SSSR count). The standard InChI is InChI=1S/C17H25NO2/c1-16(2)15(13-7-3-4-8-14(13)20-16)18-11-17(12-19)9-5-6-10-17/h3-4,7-8,15,18-19H,5-6,9-12H2,1-2H3. The van der Waals surface area contributed by atoms with Crippen LogP contribution in [0, 0.1) is 5.41 Å². The number of hydrogen-bond acceptors (Lipinski definition) is 3. The molecule has 1 aliphatic heterocycles. The van der Waals surface area contributed by atoms with Crippen LogP contribution in [0.5, 0.6) is 5.75 Å². The van der Waals surface area contributed by atoms with Crippen LogP contribution in [0.1, 0.15) is 51.1 Å². The number of nitrogens with one attached hydrogen (secondary N) is 1. The van der Waals surface area contributed by atoms with E-state index in [-0.39, 0.29) is 23.7 Å².